The predicted molar refractivity (Wildman–Crippen MR) is 84.4 cm³/mol. The minimum Gasteiger partial charge on any atom is -0.317 e. The molecular weight excluding hydrogens is 234 g/mol. The normalized spacial score (nSPS) is 22.2. The van der Waals surface area contributed by atoms with Crippen LogP contribution < -0.4 is 5.32 Å². The van der Waals surface area contributed by atoms with Gasteiger partial charge in [0.25, 0.3) is 0 Å². The van der Waals surface area contributed by atoms with Crippen molar-refractivity contribution in [1.29, 1.82) is 0 Å². The summed E-state index contributed by atoms with van der Waals surface area (Å²) in [5, 5.41) is 3.41. The second-order valence-electron chi connectivity index (χ2n) is 5.58. The van der Waals surface area contributed by atoms with Crippen molar-refractivity contribution in [2.24, 2.45) is 5.92 Å². The van der Waals surface area contributed by atoms with Gasteiger partial charge in [-0.25, -0.2) is 0 Å². The summed E-state index contributed by atoms with van der Waals surface area (Å²) in [7, 11) is 2.11. The fourth-order valence-electron chi connectivity index (χ4n) is 2.78. The molecule has 1 N–H and O–H groups in total. The summed E-state index contributed by atoms with van der Waals surface area (Å²) in [6, 6.07) is 0.821. The van der Waals surface area contributed by atoms with Gasteiger partial charge >= 0.3 is 0 Å². The van der Waals surface area contributed by atoms with Gasteiger partial charge in [-0.05, 0) is 44.7 Å². The molecule has 1 rings (SSSR count). The average molecular weight is 267 g/mol. The summed E-state index contributed by atoms with van der Waals surface area (Å²) in [4.78, 5) is 9.06. The molecule has 0 aromatic carbocycles. The molecule has 1 aliphatic rings. The van der Waals surface area contributed by atoms with E-state index < -0.39 is 0 Å². The number of carbonyl (C=O) groups is 1. The summed E-state index contributed by atoms with van der Waals surface area (Å²) in [5.74, 6) is 1.05. The molecule has 0 atom stereocenters. The Labute approximate surface area is 120 Å². The van der Waals surface area contributed by atoms with Gasteiger partial charge in [-0.1, -0.05) is 52.0 Å². The first-order valence-electron chi connectivity index (χ1n) is 8.01. The van der Waals surface area contributed by atoms with E-state index in [9.17, 15) is 0 Å². The maximum absolute atomic E-state index is 9.06. The molecule has 1 saturated carbocycles. The Hall–Kier alpha value is -0.630. The van der Waals surface area contributed by atoms with Crippen LogP contribution in [0.5, 0.6) is 0 Å². The SMILES string of the molecule is C=CC=O.CCCCCCCC1CCC(NC)CC1. The number of nitrogens with one attached hydrogen (secondary N) is 1. The Morgan fingerprint density at radius 3 is 2.16 bits per heavy atom. The Bertz CT molecular complexity index is 201. The number of hydrogen-bond acceptors (Lipinski definition) is 2. The van der Waals surface area contributed by atoms with Crippen molar-refractivity contribution in [2.75, 3.05) is 7.05 Å². The number of rotatable bonds is 8. The zero-order valence-electron chi connectivity index (χ0n) is 13.0. The van der Waals surface area contributed by atoms with Crippen LogP contribution in [-0.4, -0.2) is 19.4 Å². The second kappa shape index (κ2) is 13.8. The molecule has 1 aliphatic carbocycles. The van der Waals surface area contributed by atoms with Gasteiger partial charge in [0, 0.05) is 6.04 Å². The number of hydrogen-bond donors (Lipinski definition) is 1. The Morgan fingerprint density at radius 1 is 1.11 bits per heavy atom. The molecule has 0 radical (unpaired) electrons. The standard InChI is InChI=1S/C14H29N.C3H4O/c1-3-4-5-6-7-8-13-9-11-14(15-2)12-10-13;1-2-3-4/h13-15H,3-12H2,1-2H3;2-3H,1H2. The van der Waals surface area contributed by atoms with Gasteiger partial charge in [-0.2, -0.15) is 0 Å². The number of carbonyl (C=O) groups excluding carboxylic acids is 1. The van der Waals surface area contributed by atoms with Crippen LogP contribution in [0.3, 0.4) is 0 Å². The smallest absolute Gasteiger partial charge is 0.142 e. The van der Waals surface area contributed by atoms with Crippen molar-refractivity contribution in [3.8, 4) is 0 Å². The van der Waals surface area contributed by atoms with Crippen LogP contribution in [0.15, 0.2) is 12.7 Å². The minimum atomic E-state index is 0.639. The van der Waals surface area contributed by atoms with Gasteiger partial charge in [-0.3, -0.25) is 4.79 Å². The fraction of sp³-hybridized carbons (Fsp3) is 0.824. The van der Waals surface area contributed by atoms with E-state index in [0.29, 0.717) is 6.29 Å². The van der Waals surface area contributed by atoms with Crippen molar-refractivity contribution in [3.63, 3.8) is 0 Å². The highest BCUT2D eigenvalue weighted by molar-refractivity contribution is 5.63. The quantitative estimate of drug-likeness (QED) is 0.398. The average Bonchev–Trinajstić information content (AvgIpc) is 2.48. The fourth-order valence-corrected chi connectivity index (χ4v) is 2.78. The van der Waals surface area contributed by atoms with Crippen molar-refractivity contribution in [3.05, 3.63) is 12.7 Å². The van der Waals surface area contributed by atoms with Crippen LogP contribution in [0.1, 0.15) is 71.1 Å². The highest BCUT2D eigenvalue weighted by Gasteiger charge is 2.19. The predicted octanol–water partition coefficient (Wildman–Crippen LogP) is 4.50. The van der Waals surface area contributed by atoms with E-state index in [1.165, 1.54) is 70.3 Å². The van der Waals surface area contributed by atoms with E-state index in [4.69, 9.17) is 4.79 Å². The molecular formula is C17H33NO. The van der Waals surface area contributed by atoms with Gasteiger partial charge < -0.3 is 5.32 Å². The minimum absolute atomic E-state index is 0.639. The zero-order valence-corrected chi connectivity index (χ0v) is 13.0. The molecule has 0 aliphatic heterocycles. The summed E-state index contributed by atoms with van der Waals surface area (Å²) in [5.41, 5.74) is 0. The first-order valence-corrected chi connectivity index (χ1v) is 8.01. The Morgan fingerprint density at radius 2 is 1.68 bits per heavy atom. The highest BCUT2D eigenvalue weighted by atomic mass is 16.1. The number of allylic oxidation sites excluding steroid dienone is 1. The molecule has 1 fully saturated rings. The van der Waals surface area contributed by atoms with E-state index in [-0.39, 0.29) is 0 Å². The van der Waals surface area contributed by atoms with Gasteiger partial charge in [0.05, 0.1) is 0 Å². The summed E-state index contributed by atoms with van der Waals surface area (Å²) in [6.45, 7) is 5.40. The molecule has 0 heterocycles. The molecule has 19 heavy (non-hydrogen) atoms. The van der Waals surface area contributed by atoms with Crippen LogP contribution in [0.4, 0.5) is 0 Å². The summed E-state index contributed by atoms with van der Waals surface area (Å²) in [6.07, 6.45) is 16.3. The topological polar surface area (TPSA) is 29.1 Å². The van der Waals surface area contributed by atoms with Crippen LogP contribution >= 0.6 is 0 Å². The lowest BCUT2D eigenvalue weighted by Crippen LogP contribution is -2.30. The molecule has 112 valence electrons. The van der Waals surface area contributed by atoms with Crippen LogP contribution in [0.25, 0.3) is 0 Å². The molecule has 0 spiro atoms. The van der Waals surface area contributed by atoms with Crippen molar-refractivity contribution in [2.45, 2.75) is 77.2 Å². The largest absolute Gasteiger partial charge is 0.317 e. The van der Waals surface area contributed by atoms with Crippen LogP contribution in [-0.2, 0) is 4.79 Å². The van der Waals surface area contributed by atoms with E-state index >= 15 is 0 Å². The molecule has 2 heteroatoms. The molecule has 0 amide bonds. The first kappa shape index (κ1) is 18.4. The third-order valence-electron chi connectivity index (χ3n) is 4.07. The first-order chi connectivity index (χ1) is 9.28. The maximum atomic E-state index is 9.06. The van der Waals surface area contributed by atoms with Gasteiger partial charge in [0.2, 0.25) is 0 Å². The van der Waals surface area contributed by atoms with Gasteiger partial charge in [0.15, 0.2) is 0 Å². The zero-order chi connectivity index (χ0) is 14.3. The number of unbranched alkanes of at least 4 members (excludes halogenated alkanes) is 4. The lowest BCUT2D eigenvalue weighted by Gasteiger charge is -2.28. The van der Waals surface area contributed by atoms with E-state index in [1.54, 1.807) is 0 Å². The van der Waals surface area contributed by atoms with E-state index in [0.717, 1.165) is 12.0 Å². The third-order valence-corrected chi connectivity index (χ3v) is 4.07. The monoisotopic (exact) mass is 267 g/mol. The maximum Gasteiger partial charge on any atom is 0.142 e. The lowest BCUT2D eigenvalue weighted by atomic mass is 9.83. The van der Waals surface area contributed by atoms with Gasteiger partial charge in [-0.15, -0.1) is 0 Å². The number of aldehydes is 1. The van der Waals surface area contributed by atoms with Gasteiger partial charge in [0.1, 0.15) is 6.29 Å². The van der Waals surface area contributed by atoms with Crippen LogP contribution in [0, 0.1) is 5.92 Å². The Kier molecular flexibility index (Phi) is 13.3. The molecule has 0 aromatic rings. The Balaban J connectivity index is 0.000000711. The van der Waals surface area contributed by atoms with Crippen molar-refractivity contribution in [1.82, 2.24) is 5.32 Å². The van der Waals surface area contributed by atoms with Crippen molar-refractivity contribution >= 4 is 6.29 Å². The second-order valence-corrected chi connectivity index (χ2v) is 5.58. The third kappa shape index (κ3) is 10.9. The van der Waals surface area contributed by atoms with E-state index in [1.807, 2.05) is 0 Å². The van der Waals surface area contributed by atoms with E-state index in [2.05, 4.69) is 25.9 Å². The lowest BCUT2D eigenvalue weighted by molar-refractivity contribution is -0.104. The molecule has 0 aromatic heterocycles. The molecule has 2 nitrogen and oxygen atoms in total. The van der Waals surface area contributed by atoms with Crippen LogP contribution in [0.2, 0.25) is 0 Å². The molecule has 0 bridgehead atoms. The molecule has 0 saturated heterocycles. The van der Waals surface area contributed by atoms with Crippen molar-refractivity contribution < 1.29 is 4.79 Å². The molecule has 0 unspecified atom stereocenters. The highest BCUT2D eigenvalue weighted by Crippen LogP contribution is 2.28. The summed E-state index contributed by atoms with van der Waals surface area (Å²) >= 11 is 0. The summed E-state index contributed by atoms with van der Waals surface area (Å²) < 4.78 is 0.